The molecule has 1 heteroatoms. The minimum atomic E-state index is 1.41. The Hall–Kier alpha value is -0.560. The van der Waals surface area contributed by atoms with Gasteiger partial charge in [0.05, 0.1) is 0 Å². The molecule has 0 aliphatic heterocycles. The van der Waals surface area contributed by atoms with Crippen molar-refractivity contribution in [2.24, 2.45) is 0 Å². The second-order valence-corrected chi connectivity index (χ2v) is 2.36. The van der Waals surface area contributed by atoms with Gasteiger partial charge in [-0.3, -0.25) is 0 Å². The van der Waals surface area contributed by atoms with Crippen molar-refractivity contribution in [2.75, 3.05) is 0 Å². The van der Waals surface area contributed by atoms with E-state index in [1.54, 1.807) is 11.3 Å². The fraction of sp³-hybridized carbons (Fsp3) is 0. The van der Waals surface area contributed by atoms with Gasteiger partial charge < -0.3 is 0 Å². The summed E-state index contributed by atoms with van der Waals surface area (Å²) in [6.07, 6.45) is 4.26. The van der Waals surface area contributed by atoms with Crippen LogP contribution in [0.1, 0.15) is 11.1 Å². The zero-order valence-corrected chi connectivity index (χ0v) is 4.53. The predicted molar refractivity (Wildman–Crippen MR) is 33.2 cm³/mol. The lowest BCUT2D eigenvalue weighted by atomic mass is 10.1. The van der Waals surface area contributed by atoms with E-state index in [4.69, 9.17) is 0 Å². The molecule has 2 rings (SSSR count). The van der Waals surface area contributed by atoms with Crippen LogP contribution in [0.3, 0.4) is 0 Å². The summed E-state index contributed by atoms with van der Waals surface area (Å²) in [6, 6.07) is 0. The van der Waals surface area contributed by atoms with Crippen molar-refractivity contribution in [1.29, 1.82) is 0 Å². The minimum absolute atomic E-state index is 1.41. The van der Waals surface area contributed by atoms with Crippen molar-refractivity contribution in [2.45, 2.75) is 0 Å². The summed E-state index contributed by atoms with van der Waals surface area (Å²) in [5, 5.41) is 4.32. The van der Waals surface area contributed by atoms with Gasteiger partial charge in [0.1, 0.15) is 0 Å². The average molecular weight is 108 g/mol. The highest BCUT2D eigenvalue weighted by atomic mass is 32.1. The Labute approximate surface area is 46.1 Å². The van der Waals surface area contributed by atoms with Crippen molar-refractivity contribution >= 4 is 23.5 Å². The second-order valence-electron chi connectivity index (χ2n) is 1.62. The molecule has 1 heterocycles. The van der Waals surface area contributed by atoms with Crippen molar-refractivity contribution in [3.8, 4) is 0 Å². The molecule has 0 unspecified atom stereocenters. The van der Waals surface area contributed by atoms with Crippen LogP contribution in [0, 0.1) is 0 Å². The number of rotatable bonds is 0. The van der Waals surface area contributed by atoms with E-state index in [1.807, 2.05) is 0 Å². The summed E-state index contributed by atoms with van der Waals surface area (Å²) in [7, 11) is 0. The highest BCUT2D eigenvalue weighted by Gasteiger charge is 2.02. The summed E-state index contributed by atoms with van der Waals surface area (Å²) >= 11 is 1.77. The second kappa shape index (κ2) is 0.984. The van der Waals surface area contributed by atoms with Gasteiger partial charge in [-0.2, -0.15) is 11.3 Å². The molecular weight excluding hydrogens is 104 g/mol. The molecule has 1 aliphatic rings. The van der Waals surface area contributed by atoms with Crippen LogP contribution < -0.4 is 0 Å². The van der Waals surface area contributed by atoms with Crippen LogP contribution in [-0.2, 0) is 0 Å². The smallest absolute Gasteiger partial charge is 0.00145 e. The fourth-order valence-corrected chi connectivity index (χ4v) is 1.46. The lowest BCUT2D eigenvalue weighted by Gasteiger charge is -1.98. The fourth-order valence-electron chi connectivity index (χ4n) is 0.671. The molecule has 7 heavy (non-hydrogen) atoms. The summed E-state index contributed by atoms with van der Waals surface area (Å²) in [6.45, 7) is 0. The zero-order valence-electron chi connectivity index (χ0n) is 3.72. The van der Waals surface area contributed by atoms with Crippen LogP contribution in [-0.4, -0.2) is 0 Å². The molecule has 34 valence electrons. The summed E-state index contributed by atoms with van der Waals surface area (Å²) in [4.78, 5) is 0. The molecule has 0 bridgehead atoms. The topological polar surface area (TPSA) is 0 Å². The maximum Gasteiger partial charge on any atom is -0.00145 e. The van der Waals surface area contributed by atoms with Gasteiger partial charge in [-0.05, 0) is 21.9 Å². The molecule has 0 saturated heterocycles. The Morgan fingerprint density at radius 2 is 1.57 bits per heavy atom. The van der Waals surface area contributed by atoms with Crippen LogP contribution in [0.4, 0.5) is 0 Å². The van der Waals surface area contributed by atoms with Crippen molar-refractivity contribution in [1.82, 2.24) is 0 Å². The Morgan fingerprint density at radius 1 is 1.00 bits per heavy atom. The van der Waals surface area contributed by atoms with E-state index in [2.05, 4.69) is 22.9 Å². The van der Waals surface area contributed by atoms with E-state index in [1.165, 1.54) is 11.1 Å². The average Bonchev–Trinajstić information content (AvgIpc) is 1.85. The van der Waals surface area contributed by atoms with E-state index in [0.717, 1.165) is 0 Å². The molecule has 0 fully saturated rings. The summed E-state index contributed by atoms with van der Waals surface area (Å²) < 4.78 is 0. The van der Waals surface area contributed by atoms with Gasteiger partial charge in [0.25, 0.3) is 0 Å². The monoisotopic (exact) mass is 108 g/mol. The molecule has 1 aliphatic carbocycles. The molecular formula is C6H4S. The van der Waals surface area contributed by atoms with E-state index in [-0.39, 0.29) is 0 Å². The number of thiophene rings is 1. The van der Waals surface area contributed by atoms with Gasteiger partial charge in [-0.1, -0.05) is 12.2 Å². The predicted octanol–water partition coefficient (Wildman–Crippen LogP) is 2.23. The van der Waals surface area contributed by atoms with Crippen LogP contribution in [0.25, 0.3) is 12.2 Å². The maximum absolute atomic E-state index is 2.16. The van der Waals surface area contributed by atoms with E-state index in [9.17, 15) is 0 Å². The van der Waals surface area contributed by atoms with Gasteiger partial charge in [0.2, 0.25) is 0 Å². The molecule has 1 aromatic rings. The van der Waals surface area contributed by atoms with Gasteiger partial charge >= 0.3 is 0 Å². The standard InChI is InChI=1S/C6H4S/c1-2-6-4-7-3-5(1)6/h1-4H. The van der Waals surface area contributed by atoms with Crippen LogP contribution >= 0.6 is 11.3 Å². The third-order valence-corrected chi connectivity index (χ3v) is 1.95. The first-order valence-electron chi connectivity index (χ1n) is 2.21. The summed E-state index contributed by atoms with van der Waals surface area (Å²) in [5.41, 5.74) is 2.81. The Bertz CT molecular complexity index is 187. The van der Waals surface area contributed by atoms with Crippen LogP contribution in [0.2, 0.25) is 0 Å². The zero-order chi connectivity index (χ0) is 4.69. The Morgan fingerprint density at radius 3 is 1.86 bits per heavy atom. The van der Waals surface area contributed by atoms with Crippen LogP contribution in [0.5, 0.6) is 0 Å². The molecule has 0 saturated carbocycles. The molecule has 0 aromatic carbocycles. The molecule has 0 atom stereocenters. The summed E-state index contributed by atoms with van der Waals surface area (Å²) in [5.74, 6) is 0. The highest BCUT2D eigenvalue weighted by Crippen LogP contribution is 2.26. The quantitative estimate of drug-likeness (QED) is 0.485. The molecule has 0 spiro atoms. The van der Waals surface area contributed by atoms with Crippen molar-refractivity contribution < 1.29 is 0 Å². The van der Waals surface area contributed by atoms with Crippen molar-refractivity contribution in [3.63, 3.8) is 0 Å². The Balaban J connectivity index is 2.79. The lowest BCUT2D eigenvalue weighted by Crippen LogP contribution is -1.77. The molecule has 0 nitrogen and oxygen atoms in total. The highest BCUT2D eigenvalue weighted by molar-refractivity contribution is 7.08. The van der Waals surface area contributed by atoms with Gasteiger partial charge in [-0.25, -0.2) is 0 Å². The third-order valence-electron chi connectivity index (χ3n) is 1.17. The Kier molecular flexibility index (Phi) is 0.484. The van der Waals surface area contributed by atoms with E-state index < -0.39 is 0 Å². The number of hydrogen-bond donors (Lipinski definition) is 0. The van der Waals surface area contributed by atoms with Gasteiger partial charge in [-0.15, -0.1) is 0 Å². The van der Waals surface area contributed by atoms with Gasteiger partial charge in [0.15, 0.2) is 0 Å². The number of hydrogen-bond acceptors (Lipinski definition) is 1. The maximum atomic E-state index is 2.16. The molecule has 0 N–H and O–H groups in total. The normalized spacial score (nSPS) is 13.1. The van der Waals surface area contributed by atoms with Gasteiger partial charge in [0, 0.05) is 0 Å². The first kappa shape index (κ1) is 3.44. The molecule has 0 amide bonds. The SMILES string of the molecule is C1=Cc2cscc21. The lowest BCUT2D eigenvalue weighted by molar-refractivity contribution is 1.74. The first-order valence-corrected chi connectivity index (χ1v) is 3.15. The van der Waals surface area contributed by atoms with E-state index in [0.29, 0.717) is 0 Å². The first-order chi connectivity index (χ1) is 3.47. The van der Waals surface area contributed by atoms with Crippen LogP contribution in [0.15, 0.2) is 10.8 Å². The third kappa shape index (κ3) is 0.309. The molecule has 0 radical (unpaired) electrons. The van der Waals surface area contributed by atoms with Crippen molar-refractivity contribution in [3.05, 3.63) is 21.9 Å². The number of fused-ring (bicyclic) bond motifs is 1. The largest absolute Gasteiger partial charge is 0.151 e. The molecule has 1 aromatic heterocycles. The van der Waals surface area contributed by atoms with E-state index >= 15 is 0 Å². The minimum Gasteiger partial charge on any atom is -0.151 e.